The van der Waals surface area contributed by atoms with E-state index < -0.39 is 0 Å². The first kappa shape index (κ1) is 22.5. The fourth-order valence-corrected chi connectivity index (χ4v) is 10.4. The van der Waals surface area contributed by atoms with Gasteiger partial charge in [0.25, 0.3) is 0 Å². The van der Waals surface area contributed by atoms with Crippen molar-refractivity contribution in [2.24, 2.45) is 0 Å². The molecule has 5 heteroatoms. The Morgan fingerprint density at radius 3 is 1.54 bits per heavy atom. The molecular weight excluding hydrogens is 569 g/mol. The quantitative estimate of drug-likeness (QED) is 0.193. The van der Waals surface area contributed by atoms with Gasteiger partial charge in [0.05, 0.1) is 0 Å². The van der Waals surface area contributed by atoms with Crippen LogP contribution in [0, 0.1) is 0 Å². The van der Waals surface area contributed by atoms with Gasteiger partial charge in [0.2, 0.25) is 0 Å². The molecule has 0 fully saturated rings. The first-order valence-electron chi connectivity index (χ1n) is 12.7. The summed E-state index contributed by atoms with van der Waals surface area (Å²) in [6.07, 6.45) is 0. The van der Waals surface area contributed by atoms with Gasteiger partial charge in [-0.05, 0) is 105 Å². The molecule has 0 aliphatic heterocycles. The standard InChI is InChI=1S/C34H18S5/c1-3-21(27-5-10-32(37-27)34-18-26-24-12-14-36-29(24)7-9-31(26)39-34)15-19-2-4-22(16-20(1)19)33-17-25-23-11-13-35-28(23)6-8-30(25)38-33/h1-18H. The Balaban J connectivity index is 1.07. The van der Waals surface area contributed by atoms with E-state index in [9.17, 15) is 0 Å². The molecule has 0 saturated heterocycles. The summed E-state index contributed by atoms with van der Waals surface area (Å²) in [5.41, 5.74) is 2.58. The molecule has 4 aromatic carbocycles. The van der Waals surface area contributed by atoms with E-state index in [4.69, 9.17) is 0 Å². The van der Waals surface area contributed by atoms with Crippen LogP contribution in [0.25, 0.3) is 81.8 Å². The van der Waals surface area contributed by atoms with Crippen LogP contribution in [0.4, 0.5) is 0 Å². The highest BCUT2D eigenvalue weighted by atomic mass is 32.1. The van der Waals surface area contributed by atoms with Crippen LogP contribution in [0.5, 0.6) is 0 Å². The lowest BCUT2D eigenvalue weighted by Crippen LogP contribution is -1.78. The second-order valence-corrected chi connectivity index (χ2v) is 14.9. The lowest BCUT2D eigenvalue weighted by atomic mass is 10.0. The molecule has 0 unspecified atom stereocenters. The van der Waals surface area contributed by atoms with Crippen molar-refractivity contribution in [2.75, 3.05) is 0 Å². The molecule has 39 heavy (non-hydrogen) atoms. The van der Waals surface area contributed by atoms with Gasteiger partial charge in [0.1, 0.15) is 0 Å². The van der Waals surface area contributed by atoms with Gasteiger partial charge in [-0.15, -0.1) is 56.7 Å². The third-order valence-corrected chi connectivity index (χ3v) is 12.9. The van der Waals surface area contributed by atoms with E-state index in [0.717, 1.165) is 0 Å². The summed E-state index contributed by atoms with van der Waals surface area (Å²) in [5, 5.41) is 12.5. The molecule has 5 aromatic heterocycles. The van der Waals surface area contributed by atoms with Crippen LogP contribution in [-0.2, 0) is 0 Å². The maximum absolute atomic E-state index is 2.38. The smallest absolute Gasteiger partial charge is 0.0455 e. The fraction of sp³-hybridized carbons (Fsp3) is 0. The Morgan fingerprint density at radius 2 is 0.872 bits per heavy atom. The van der Waals surface area contributed by atoms with Gasteiger partial charge in [-0.3, -0.25) is 0 Å². The maximum atomic E-state index is 2.38. The molecule has 0 N–H and O–H groups in total. The summed E-state index contributed by atoms with van der Waals surface area (Å²) < 4.78 is 5.45. The van der Waals surface area contributed by atoms with Crippen LogP contribution in [0.1, 0.15) is 0 Å². The first-order valence-corrected chi connectivity index (χ1v) is 16.9. The zero-order valence-electron chi connectivity index (χ0n) is 20.4. The second-order valence-electron chi connectivity index (χ2n) is 9.78. The van der Waals surface area contributed by atoms with E-state index in [-0.39, 0.29) is 0 Å². The first-order chi connectivity index (χ1) is 19.3. The van der Waals surface area contributed by atoms with Crippen LogP contribution in [0.3, 0.4) is 0 Å². The van der Waals surface area contributed by atoms with Gasteiger partial charge in [0.15, 0.2) is 0 Å². The molecule has 0 bridgehead atoms. The Labute approximate surface area is 244 Å². The minimum atomic E-state index is 1.29. The predicted octanol–water partition coefficient (Wildman–Crippen LogP) is 12.8. The molecule has 0 aliphatic carbocycles. The van der Waals surface area contributed by atoms with Gasteiger partial charge < -0.3 is 0 Å². The van der Waals surface area contributed by atoms with E-state index in [1.807, 2.05) is 56.7 Å². The van der Waals surface area contributed by atoms with Gasteiger partial charge in [-0.1, -0.05) is 24.3 Å². The summed E-state index contributed by atoms with van der Waals surface area (Å²) in [7, 11) is 0. The Bertz CT molecular complexity index is 2350. The van der Waals surface area contributed by atoms with Gasteiger partial charge >= 0.3 is 0 Å². The average Bonchev–Trinajstić information content (AvgIpc) is 3.79. The molecule has 5 heterocycles. The van der Waals surface area contributed by atoms with Crippen molar-refractivity contribution >= 4 is 108 Å². The minimum Gasteiger partial charge on any atom is -0.144 e. The maximum Gasteiger partial charge on any atom is 0.0455 e. The van der Waals surface area contributed by atoms with E-state index >= 15 is 0 Å². The van der Waals surface area contributed by atoms with Crippen molar-refractivity contribution in [1.29, 1.82) is 0 Å². The fourth-order valence-electron chi connectivity index (χ4n) is 5.57. The highest BCUT2D eigenvalue weighted by molar-refractivity contribution is 7.27. The predicted molar refractivity (Wildman–Crippen MR) is 180 cm³/mol. The minimum absolute atomic E-state index is 1.29. The Morgan fingerprint density at radius 1 is 0.333 bits per heavy atom. The number of hydrogen-bond acceptors (Lipinski definition) is 5. The van der Waals surface area contributed by atoms with Crippen molar-refractivity contribution < 1.29 is 0 Å². The highest BCUT2D eigenvalue weighted by Gasteiger charge is 2.13. The van der Waals surface area contributed by atoms with E-state index in [1.165, 1.54) is 81.8 Å². The molecule has 0 spiro atoms. The summed E-state index contributed by atoms with van der Waals surface area (Å²) in [6.45, 7) is 0. The highest BCUT2D eigenvalue weighted by Crippen LogP contribution is 2.43. The van der Waals surface area contributed by atoms with Crippen LogP contribution < -0.4 is 0 Å². The van der Waals surface area contributed by atoms with Gasteiger partial charge in [-0.25, -0.2) is 0 Å². The summed E-state index contributed by atoms with van der Waals surface area (Å²) in [4.78, 5) is 5.35. The number of hydrogen-bond donors (Lipinski definition) is 0. The third kappa shape index (κ3) is 3.58. The lowest BCUT2D eigenvalue weighted by Gasteiger charge is -2.04. The van der Waals surface area contributed by atoms with E-state index in [1.54, 1.807) is 0 Å². The number of fused-ring (bicyclic) bond motifs is 7. The summed E-state index contributed by atoms with van der Waals surface area (Å²) in [5.74, 6) is 0. The van der Waals surface area contributed by atoms with Crippen LogP contribution in [0.15, 0.2) is 108 Å². The zero-order valence-corrected chi connectivity index (χ0v) is 24.5. The molecule has 0 amide bonds. The Kier molecular flexibility index (Phi) is 4.95. The average molecular weight is 587 g/mol. The van der Waals surface area contributed by atoms with E-state index in [0.29, 0.717) is 0 Å². The third-order valence-electron chi connectivity index (χ3n) is 7.52. The van der Waals surface area contributed by atoms with Crippen LogP contribution in [-0.4, -0.2) is 0 Å². The molecule has 0 saturated carbocycles. The van der Waals surface area contributed by atoms with Gasteiger partial charge in [0, 0.05) is 59.9 Å². The molecule has 9 aromatic rings. The topological polar surface area (TPSA) is 0 Å². The largest absolute Gasteiger partial charge is 0.144 e. The van der Waals surface area contributed by atoms with Crippen molar-refractivity contribution in [3.63, 3.8) is 0 Å². The number of rotatable bonds is 3. The summed E-state index contributed by atoms with van der Waals surface area (Å²) >= 11 is 9.31. The molecular formula is C34H18S5. The SMILES string of the molecule is c1cc2c(ccc3sc(-c4ccc5cc(-c6ccc(-c7cc8c(ccc9sccc98)s7)s6)ccc5c4)cc32)s1. The van der Waals surface area contributed by atoms with Crippen molar-refractivity contribution in [3.05, 3.63) is 108 Å². The van der Waals surface area contributed by atoms with E-state index in [2.05, 4.69) is 108 Å². The monoisotopic (exact) mass is 586 g/mol. The molecule has 9 rings (SSSR count). The molecule has 0 radical (unpaired) electrons. The molecule has 0 aliphatic rings. The zero-order chi connectivity index (χ0) is 25.5. The summed E-state index contributed by atoms with van der Waals surface area (Å²) in [6, 6.07) is 36.7. The normalized spacial score (nSPS) is 12.1. The van der Waals surface area contributed by atoms with Crippen LogP contribution >= 0.6 is 56.7 Å². The Hall–Kier alpha value is -3.32. The lowest BCUT2D eigenvalue weighted by molar-refractivity contribution is 1.73. The van der Waals surface area contributed by atoms with Crippen LogP contribution in [0.2, 0.25) is 0 Å². The number of thiophene rings is 5. The molecule has 0 nitrogen and oxygen atoms in total. The van der Waals surface area contributed by atoms with Crippen molar-refractivity contribution in [3.8, 4) is 30.6 Å². The van der Waals surface area contributed by atoms with Gasteiger partial charge in [-0.2, -0.15) is 0 Å². The second kappa shape index (κ2) is 8.59. The van der Waals surface area contributed by atoms with Crippen molar-refractivity contribution in [2.45, 2.75) is 0 Å². The molecule has 0 atom stereocenters. The number of benzene rings is 4. The molecule has 184 valence electrons. The van der Waals surface area contributed by atoms with Crippen molar-refractivity contribution in [1.82, 2.24) is 0 Å².